The Balaban J connectivity index is 1.71. The lowest BCUT2D eigenvalue weighted by Crippen LogP contribution is -2.19. The third kappa shape index (κ3) is 3.07. The minimum absolute atomic E-state index is 0.0902. The van der Waals surface area contributed by atoms with E-state index in [-0.39, 0.29) is 12.5 Å². The van der Waals surface area contributed by atoms with Gasteiger partial charge in [-0.15, -0.1) is 0 Å². The van der Waals surface area contributed by atoms with Gasteiger partial charge in [-0.25, -0.2) is 4.98 Å². The van der Waals surface area contributed by atoms with Gasteiger partial charge >= 0.3 is 0 Å². The molecule has 0 saturated heterocycles. The number of aryl methyl sites for hydroxylation is 1. The Bertz CT molecular complexity index is 1070. The summed E-state index contributed by atoms with van der Waals surface area (Å²) in [6.45, 7) is 2.16. The first kappa shape index (κ1) is 16.0. The van der Waals surface area contributed by atoms with E-state index in [1.165, 1.54) is 0 Å². The number of hydrogen-bond donors (Lipinski definition) is 1. The molecule has 0 aliphatic heterocycles. The van der Waals surface area contributed by atoms with Gasteiger partial charge in [0.15, 0.2) is 0 Å². The van der Waals surface area contributed by atoms with E-state index < -0.39 is 0 Å². The number of rotatable bonds is 4. The summed E-state index contributed by atoms with van der Waals surface area (Å²) in [7, 11) is 0. The van der Waals surface area contributed by atoms with E-state index in [4.69, 9.17) is 4.98 Å². The van der Waals surface area contributed by atoms with Crippen LogP contribution in [0, 0.1) is 6.92 Å². The molecule has 0 bridgehead atoms. The summed E-state index contributed by atoms with van der Waals surface area (Å²) in [6.07, 6.45) is 3.48. The van der Waals surface area contributed by atoms with Crippen LogP contribution in [-0.4, -0.2) is 20.4 Å². The van der Waals surface area contributed by atoms with Gasteiger partial charge in [0.2, 0.25) is 5.91 Å². The number of hydrogen-bond acceptors (Lipinski definition) is 3. The predicted molar refractivity (Wildman–Crippen MR) is 103 cm³/mol. The van der Waals surface area contributed by atoms with E-state index >= 15 is 0 Å². The third-order valence-corrected chi connectivity index (χ3v) is 4.30. The Labute approximate surface area is 151 Å². The molecule has 0 aliphatic carbocycles. The Hall–Kier alpha value is -3.47. The van der Waals surface area contributed by atoms with Gasteiger partial charge in [0.05, 0.1) is 11.0 Å². The average molecular weight is 342 g/mol. The molecule has 2 aromatic carbocycles. The van der Waals surface area contributed by atoms with Gasteiger partial charge in [-0.05, 0) is 42.8 Å². The Morgan fingerprint density at radius 3 is 2.65 bits per heavy atom. The maximum atomic E-state index is 12.7. The Morgan fingerprint density at radius 1 is 1.04 bits per heavy atom. The molecule has 0 aliphatic rings. The fraction of sp³-hybridized carbons (Fsp3) is 0.0952. The number of fused-ring (bicyclic) bond motifs is 1. The lowest BCUT2D eigenvalue weighted by molar-refractivity contribution is -0.116. The number of imidazole rings is 1. The van der Waals surface area contributed by atoms with Crippen molar-refractivity contribution in [1.29, 1.82) is 0 Å². The molecule has 2 heterocycles. The third-order valence-electron chi connectivity index (χ3n) is 4.30. The van der Waals surface area contributed by atoms with Crippen molar-refractivity contribution >= 4 is 22.6 Å². The maximum absolute atomic E-state index is 12.7. The number of aromatic nitrogens is 3. The molecule has 0 radical (unpaired) electrons. The number of carbonyl (C=O) groups excluding carboxylic acids is 1. The first-order valence-corrected chi connectivity index (χ1v) is 8.43. The number of benzene rings is 2. The topological polar surface area (TPSA) is 59.8 Å². The molecule has 5 nitrogen and oxygen atoms in total. The highest BCUT2D eigenvalue weighted by Gasteiger charge is 2.15. The zero-order chi connectivity index (χ0) is 17.9. The van der Waals surface area contributed by atoms with Crippen LogP contribution >= 0.6 is 0 Å². The van der Waals surface area contributed by atoms with E-state index in [1.54, 1.807) is 12.4 Å². The number of para-hydroxylation sites is 3. The molecule has 26 heavy (non-hydrogen) atoms. The van der Waals surface area contributed by atoms with Gasteiger partial charge in [0.25, 0.3) is 0 Å². The van der Waals surface area contributed by atoms with Gasteiger partial charge < -0.3 is 9.88 Å². The van der Waals surface area contributed by atoms with Crippen LogP contribution in [0.15, 0.2) is 73.1 Å². The van der Waals surface area contributed by atoms with Gasteiger partial charge in [0.1, 0.15) is 12.4 Å². The Kier molecular flexibility index (Phi) is 4.19. The molecule has 2 aromatic heterocycles. The van der Waals surface area contributed by atoms with Crippen LogP contribution < -0.4 is 5.32 Å². The number of amides is 1. The first-order valence-electron chi connectivity index (χ1n) is 8.43. The molecule has 4 aromatic rings. The summed E-state index contributed by atoms with van der Waals surface area (Å²) in [4.78, 5) is 21.6. The molecule has 0 atom stereocenters. The van der Waals surface area contributed by atoms with E-state index in [9.17, 15) is 4.79 Å². The fourth-order valence-electron chi connectivity index (χ4n) is 3.00. The van der Waals surface area contributed by atoms with Crippen molar-refractivity contribution in [3.05, 3.63) is 78.6 Å². The summed E-state index contributed by atoms with van der Waals surface area (Å²) >= 11 is 0. The van der Waals surface area contributed by atoms with E-state index in [1.807, 2.05) is 72.2 Å². The minimum atomic E-state index is -0.0902. The largest absolute Gasteiger partial charge is 0.324 e. The molecule has 0 unspecified atom stereocenters. The highest BCUT2D eigenvalue weighted by Crippen LogP contribution is 2.24. The van der Waals surface area contributed by atoms with Crippen LogP contribution in [-0.2, 0) is 11.3 Å². The molecule has 4 rings (SSSR count). The highest BCUT2D eigenvalue weighted by atomic mass is 16.1. The normalized spacial score (nSPS) is 10.8. The second-order valence-corrected chi connectivity index (χ2v) is 6.12. The summed E-state index contributed by atoms with van der Waals surface area (Å²) in [6, 6.07) is 19.4. The lowest BCUT2D eigenvalue weighted by atomic mass is 10.2. The van der Waals surface area contributed by atoms with Crippen LogP contribution in [0.2, 0.25) is 0 Å². The van der Waals surface area contributed by atoms with Crippen LogP contribution in [0.25, 0.3) is 22.4 Å². The van der Waals surface area contributed by atoms with Crippen molar-refractivity contribution in [2.45, 2.75) is 13.5 Å². The van der Waals surface area contributed by atoms with Crippen LogP contribution in [0.5, 0.6) is 0 Å². The SMILES string of the molecule is Cc1ccccc1NC(=O)Cn1c(-c2cccnc2)nc2ccccc21. The molecule has 0 fully saturated rings. The quantitative estimate of drug-likeness (QED) is 0.609. The first-order chi connectivity index (χ1) is 12.7. The number of carbonyl (C=O) groups is 1. The van der Waals surface area contributed by atoms with Crippen molar-refractivity contribution in [1.82, 2.24) is 14.5 Å². The molecule has 1 amide bonds. The summed E-state index contributed by atoms with van der Waals surface area (Å²) in [5.74, 6) is 0.645. The molecular weight excluding hydrogens is 324 g/mol. The van der Waals surface area contributed by atoms with E-state index in [0.717, 1.165) is 33.7 Å². The van der Waals surface area contributed by atoms with Crippen molar-refractivity contribution in [3.8, 4) is 11.4 Å². The van der Waals surface area contributed by atoms with Crippen LogP contribution in [0.3, 0.4) is 0 Å². The predicted octanol–water partition coefficient (Wildman–Crippen LogP) is 4.05. The monoisotopic (exact) mass is 342 g/mol. The summed E-state index contributed by atoms with van der Waals surface area (Å²) < 4.78 is 1.93. The molecule has 0 saturated carbocycles. The smallest absolute Gasteiger partial charge is 0.244 e. The molecular formula is C21H18N4O. The van der Waals surface area contributed by atoms with Gasteiger partial charge in [-0.2, -0.15) is 0 Å². The fourth-order valence-corrected chi connectivity index (χ4v) is 3.00. The van der Waals surface area contributed by atoms with Crippen molar-refractivity contribution in [2.24, 2.45) is 0 Å². The standard InChI is InChI=1S/C21H18N4O/c1-15-7-2-3-9-17(15)23-20(26)14-25-19-11-5-4-10-18(19)24-21(25)16-8-6-12-22-13-16/h2-13H,14H2,1H3,(H,23,26). The second kappa shape index (κ2) is 6.80. The lowest BCUT2D eigenvalue weighted by Gasteiger charge is -2.11. The van der Waals surface area contributed by atoms with E-state index in [0.29, 0.717) is 0 Å². The summed E-state index contributed by atoms with van der Waals surface area (Å²) in [5.41, 5.74) is 4.52. The molecule has 1 N–H and O–H groups in total. The average Bonchev–Trinajstić information content (AvgIpc) is 3.03. The van der Waals surface area contributed by atoms with Gasteiger partial charge in [-0.3, -0.25) is 9.78 Å². The van der Waals surface area contributed by atoms with Gasteiger partial charge in [0, 0.05) is 23.6 Å². The molecule has 128 valence electrons. The number of pyridine rings is 1. The Morgan fingerprint density at radius 2 is 1.85 bits per heavy atom. The van der Waals surface area contributed by atoms with Crippen molar-refractivity contribution in [3.63, 3.8) is 0 Å². The second-order valence-electron chi connectivity index (χ2n) is 6.12. The van der Waals surface area contributed by atoms with Crippen LogP contribution in [0.4, 0.5) is 5.69 Å². The molecule has 5 heteroatoms. The maximum Gasteiger partial charge on any atom is 0.244 e. The number of nitrogens with one attached hydrogen (secondary N) is 1. The van der Waals surface area contributed by atoms with Crippen LogP contribution in [0.1, 0.15) is 5.56 Å². The zero-order valence-electron chi connectivity index (χ0n) is 14.4. The number of anilines is 1. The van der Waals surface area contributed by atoms with Gasteiger partial charge in [-0.1, -0.05) is 30.3 Å². The van der Waals surface area contributed by atoms with E-state index in [2.05, 4.69) is 10.3 Å². The van der Waals surface area contributed by atoms with Crippen molar-refractivity contribution < 1.29 is 4.79 Å². The van der Waals surface area contributed by atoms with Crippen molar-refractivity contribution in [2.75, 3.05) is 5.32 Å². The number of nitrogens with zero attached hydrogens (tertiary/aromatic N) is 3. The highest BCUT2D eigenvalue weighted by molar-refractivity contribution is 5.93. The molecule has 0 spiro atoms. The summed E-state index contributed by atoms with van der Waals surface area (Å²) in [5, 5.41) is 2.99. The zero-order valence-corrected chi connectivity index (χ0v) is 14.4. The minimum Gasteiger partial charge on any atom is -0.324 e.